The third-order valence-corrected chi connectivity index (χ3v) is 4.18. The Balaban J connectivity index is 0.00000220. The lowest BCUT2D eigenvalue weighted by atomic mass is 9.85. The molecule has 2 N–H and O–H groups in total. The highest BCUT2D eigenvalue weighted by Crippen LogP contribution is 2.25. The summed E-state index contributed by atoms with van der Waals surface area (Å²) in [6.45, 7) is 8.86. The normalized spacial score (nSPS) is 15.3. The van der Waals surface area contributed by atoms with Gasteiger partial charge in [-0.2, -0.15) is 5.10 Å². The number of rotatable bonds is 5. The molecule has 0 unspecified atom stereocenters. The van der Waals surface area contributed by atoms with Gasteiger partial charge in [0.1, 0.15) is 0 Å². The number of halogens is 1. The van der Waals surface area contributed by atoms with E-state index in [2.05, 4.69) is 29.6 Å². The van der Waals surface area contributed by atoms with Crippen molar-refractivity contribution >= 4 is 29.9 Å². The lowest BCUT2D eigenvalue weighted by molar-refractivity contribution is 0.314. The third-order valence-electron chi connectivity index (χ3n) is 4.18. The summed E-state index contributed by atoms with van der Waals surface area (Å²) in [7, 11) is 1.98. The zero-order chi connectivity index (χ0) is 14.5. The fourth-order valence-corrected chi connectivity index (χ4v) is 2.48. The Labute approximate surface area is 145 Å². The van der Waals surface area contributed by atoms with Crippen LogP contribution in [-0.2, 0) is 13.6 Å². The van der Waals surface area contributed by atoms with E-state index < -0.39 is 0 Å². The van der Waals surface area contributed by atoms with E-state index in [1.54, 1.807) is 0 Å². The van der Waals surface area contributed by atoms with E-state index in [4.69, 9.17) is 4.99 Å². The van der Waals surface area contributed by atoms with Gasteiger partial charge in [-0.3, -0.25) is 4.68 Å². The second-order valence-electron chi connectivity index (χ2n) is 5.65. The lowest BCUT2D eigenvalue weighted by Gasteiger charge is -2.26. The molecule has 1 fully saturated rings. The van der Waals surface area contributed by atoms with Crippen LogP contribution in [0.4, 0.5) is 0 Å². The molecule has 1 aromatic rings. The highest BCUT2D eigenvalue weighted by atomic mass is 127. The summed E-state index contributed by atoms with van der Waals surface area (Å²) in [6, 6.07) is 0. The van der Waals surface area contributed by atoms with Gasteiger partial charge in [-0.05, 0) is 39.5 Å². The third kappa shape index (κ3) is 4.86. The van der Waals surface area contributed by atoms with Gasteiger partial charge in [0.05, 0.1) is 12.2 Å². The first kappa shape index (κ1) is 18.3. The van der Waals surface area contributed by atoms with E-state index in [1.165, 1.54) is 30.5 Å². The Morgan fingerprint density at radius 3 is 2.52 bits per heavy atom. The molecule has 120 valence electrons. The molecule has 0 bridgehead atoms. The molecule has 5 nitrogen and oxygen atoms in total. The van der Waals surface area contributed by atoms with E-state index in [0.29, 0.717) is 6.54 Å². The van der Waals surface area contributed by atoms with E-state index in [1.807, 2.05) is 18.7 Å². The predicted octanol–water partition coefficient (Wildman–Crippen LogP) is 2.51. The van der Waals surface area contributed by atoms with E-state index >= 15 is 0 Å². The van der Waals surface area contributed by atoms with Crippen LogP contribution in [0.25, 0.3) is 0 Å². The zero-order valence-corrected chi connectivity index (χ0v) is 15.9. The summed E-state index contributed by atoms with van der Waals surface area (Å²) in [5, 5.41) is 11.2. The maximum absolute atomic E-state index is 4.69. The molecule has 0 spiro atoms. The number of aryl methyl sites for hydroxylation is 2. The number of nitrogens with zero attached hydrogens (tertiary/aromatic N) is 3. The molecule has 2 rings (SSSR count). The fourth-order valence-electron chi connectivity index (χ4n) is 2.48. The first-order valence-corrected chi connectivity index (χ1v) is 7.63. The van der Waals surface area contributed by atoms with Crippen LogP contribution < -0.4 is 10.6 Å². The molecule has 1 heterocycles. The summed E-state index contributed by atoms with van der Waals surface area (Å²) in [5.74, 6) is 1.75. The van der Waals surface area contributed by atoms with Crippen molar-refractivity contribution in [3.63, 3.8) is 0 Å². The standard InChI is InChI=1S/C15H27N5.HI/c1-5-16-15(17-9-13-7-6-8-13)18-10-14-11(2)19-20(4)12(14)3;/h13H,5-10H2,1-4H3,(H2,16,17,18);1H. The molecule has 1 saturated carbocycles. The van der Waals surface area contributed by atoms with Gasteiger partial charge in [0.15, 0.2) is 5.96 Å². The second kappa shape index (κ2) is 8.60. The van der Waals surface area contributed by atoms with Crippen molar-refractivity contribution in [1.29, 1.82) is 0 Å². The average Bonchev–Trinajstić information content (AvgIpc) is 2.59. The van der Waals surface area contributed by atoms with Gasteiger partial charge in [0, 0.05) is 31.4 Å². The van der Waals surface area contributed by atoms with E-state index in [9.17, 15) is 0 Å². The number of nitrogens with one attached hydrogen (secondary N) is 2. The first-order valence-electron chi connectivity index (χ1n) is 7.63. The molecule has 1 aliphatic rings. The Morgan fingerprint density at radius 1 is 1.33 bits per heavy atom. The van der Waals surface area contributed by atoms with Crippen LogP contribution in [0, 0.1) is 19.8 Å². The minimum absolute atomic E-state index is 0. The highest BCUT2D eigenvalue weighted by Gasteiger charge is 2.17. The molecule has 1 aromatic heterocycles. The molecule has 21 heavy (non-hydrogen) atoms. The quantitative estimate of drug-likeness (QED) is 0.450. The average molecular weight is 405 g/mol. The van der Waals surface area contributed by atoms with Gasteiger partial charge in [-0.25, -0.2) is 4.99 Å². The summed E-state index contributed by atoms with van der Waals surface area (Å²) >= 11 is 0. The molecule has 0 atom stereocenters. The number of aromatic nitrogens is 2. The molecule has 0 radical (unpaired) electrons. The predicted molar refractivity (Wildman–Crippen MR) is 98.3 cm³/mol. The van der Waals surface area contributed by atoms with Crippen molar-refractivity contribution in [2.24, 2.45) is 18.0 Å². The van der Waals surface area contributed by atoms with E-state index in [-0.39, 0.29) is 24.0 Å². The number of hydrogen-bond donors (Lipinski definition) is 2. The zero-order valence-electron chi connectivity index (χ0n) is 13.6. The van der Waals surface area contributed by atoms with Gasteiger partial charge in [-0.1, -0.05) is 6.42 Å². The van der Waals surface area contributed by atoms with Gasteiger partial charge in [0.25, 0.3) is 0 Å². The fraction of sp³-hybridized carbons (Fsp3) is 0.733. The highest BCUT2D eigenvalue weighted by molar-refractivity contribution is 14.0. The van der Waals surface area contributed by atoms with Crippen molar-refractivity contribution in [3.8, 4) is 0 Å². The van der Waals surface area contributed by atoms with Crippen LogP contribution in [0.2, 0.25) is 0 Å². The number of hydrogen-bond acceptors (Lipinski definition) is 2. The molecule has 0 amide bonds. The molecule has 0 saturated heterocycles. The van der Waals surface area contributed by atoms with Crippen LogP contribution >= 0.6 is 24.0 Å². The molecular formula is C15H28IN5. The maximum Gasteiger partial charge on any atom is 0.191 e. The largest absolute Gasteiger partial charge is 0.357 e. The molecule has 0 aromatic carbocycles. The summed E-state index contributed by atoms with van der Waals surface area (Å²) in [5.41, 5.74) is 3.50. The van der Waals surface area contributed by atoms with Crippen molar-refractivity contribution in [3.05, 3.63) is 17.0 Å². The van der Waals surface area contributed by atoms with E-state index in [0.717, 1.165) is 30.7 Å². The lowest BCUT2D eigenvalue weighted by Crippen LogP contribution is -2.41. The Bertz CT molecular complexity index is 477. The minimum atomic E-state index is 0. The van der Waals surface area contributed by atoms with Crippen molar-refractivity contribution in [2.45, 2.75) is 46.6 Å². The Hall–Kier alpha value is -0.790. The van der Waals surface area contributed by atoms with Gasteiger partial charge >= 0.3 is 0 Å². The summed E-state index contributed by atoms with van der Waals surface area (Å²) in [4.78, 5) is 4.69. The second-order valence-corrected chi connectivity index (χ2v) is 5.65. The van der Waals surface area contributed by atoms with Crippen molar-refractivity contribution < 1.29 is 0 Å². The summed E-state index contributed by atoms with van der Waals surface area (Å²) < 4.78 is 1.93. The van der Waals surface area contributed by atoms with Gasteiger partial charge in [0.2, 0.25) is 0 Å². The first-order chi connectivity index (χ1) is 9.61. The van der Waals surface area contributed by atoms with Crippen molar-refractivity contribution in [1.82, 2.24) is 20.4 Å². The minimum Gasteiger partial charge on any atom is -0.357 e. The molecular weight excluding hydrogens is 377 g/mol. The van der Waals surface area contributed by atoms with Crippen LogP contribution in [0.5, 0.6) is 0 Å². The number of aliphatic imine (C=N–C) groups is 1. The van der Waals surface area contributed by atoms with Crippen LogP contribution in [0.3, 0.4) is 0 Å². The smallest absolute Gasteiger partial charge is 0.191 e. The topological polar surface area (TPSA) is 54.2 Å². The van der Waals surface area contributed by atoms with Crippen LogP contribution in [0.15, 0.2) is 4.99 Å². The van der Waals surface area contributed by atoms with Crippen LogP contribution in [0.1, 0.15) is 43.1 Å². The SMILES string of the molecule is CCNC(=NCc1c(C)nn(C)c1C)NCC1CCC1.I. The van der Waals surface area contributed by atoms with Crippen molar-refractivity contribution in [2.75, 3.05) is 13.1 Å². The monoisotopic (exact) mass is 405 g/mol. The molecule has 6 heteroatoms. The maximum atomic E-state index is 4.69. The van der Waals surface area contributed by atoms with Gasteiger partial charge < -0.3 is 10.6 Å². The Kier molecular flexibility index (Phi) is 7.48. The number of guanidine groups is 1. The Morgan fingerprint density at radius 2 is 2.05 bits per heavy atom. The summed E-state index contributed by atoms with van der Waals surface area (Å²) in [6.07, 6.45) is 4.09. The molecule has 1 aliphatic carbocycles. The molecule has 0 aliphatic heterocycles. The van der Waals surface area contributed by atoms with Gasteiger partial charge in [-0.15, -0.1) is 24.0 Å². The van der Waals surface area contributed by atoms with Crippen LogP contribution in [-0.4, -0.2) is 28.8 Å².